The predicted octanol–water partition coefficient (Wildman–Crippen LogP) is 3.31. The summed E-state index contributed by atoms with van der Waals surface area (Å²) in [6, 6.07) is 14.1. The Morgan fingerprint density at radius 1 is 1.04 bits per heavy atom. The summed E-state index contributed by atoms with van der Waals surface area (Å²) in [4.78, 5) is 24.4. The van der Waals surface area contributed by atoms with Gasteiger partial charge in [0.05, 0.1) is 0 Å². The summed E-state index contributed by atoms with van der Waals surface area (Å²) in [6.07, 6.45) is 0.913. The first kappa shape index (κ1) is 16.7. The Labute approximate surface area is 136 Å². The lowest BCUT2D eigenvalue weighted by Gasteiger charge is -2.16. The Balaban J connectivity index is 2.02. The van der Waals surface area contributed by atoms with E-state index in [0.717, 1.165) is 17.7 Å². The van der Waals surface area contributed by atoms with Gasteiger partial charge in [0.15, 0.2) is 0 Å². The van der Waals surface area contributed by atoms with Crippen molar-refractivity contribution >= 4 is 17.5 Å². The van der Waals surface area contributed by atoms with Crippen LogP contribution in [0.1, 0.15) is 35.3 Å². The second-order valence-electron chi connectivity index (χ2n) is 5.49. The van der Waals surface area contributed by atoms with Gasteiger partial charge in [-0.1, -0.05) is 37.3 Å². The standard InChI is InChI=1S/C19H22N2O2/c1-4-15-11-8-12-17(13(15)2)21-18(22)14(3)20-19(23)16-9-6-5-7-10-16/h5-12,14H,4H2,1-3H3,(H,20,23)(H,21,22). The largest absolute Gasteiger partial charge is 0.341 e. The van der Waals surface area contributed by atoms with Crippen LogP contribution >= 0.6 is 0 Å². The molecule has 0 aliphatic rings. The predicted molar refractivity (Wildman–Crippen MR) is 92.6 cm³/mol. The first-order chi connectivity index (χ1) is 11.0. The third-order valence-corrected chi connectivity index (χ3v) is 3.86. The van der Waals surface area contributed by atoms with Gasteiger partial charge in [0.1, 0.15) is 6.04 Å². The molecular weight excluding hydrogens is 288 g/mol. The number of hydrogen-bond acceptors (Lipinski definition) is 2. The van der Waals surface area contributed by atoms with Crippen molar-refractivity contribution in [3.05, 3.63) is 65.2 Å². The first-order valence-corrected chi connectivity index (χ1v) is 7.78. The highest BCUT2D eigenvalue weighted by atomic mass is 16.2. The Bertz CT molecular complexity index is 696. The van der Waals surface area contributed by atoms with Crippen molar-refractivity contribution in [1.82, 2.24) is 5.32 Å². The molecule has 4 heteroatoms. The van der Waals surface area contributed by atoms with E-state index in [1.807, 2.05) is 31.2 Å². The van der Waals surface area contributed by atoms with E-state index in [-0.39, 0.29) is 11.8 Å². The zero-order valence-corrected chi connectivity index (χ0v) is 13.7. The van der Waals surface area contributed by atoms with Crippen molar-refractivity contribution in [2.45, 2.75) is 33.2 Å². The molecule has 1 atom stereocenters. The molecule has 0 aliphatic carbocycles. The van der Waals surface area contributed by atoms with E-state index in [9.17, 15) is 9.59 Å². The van der Waals surface area contributed by atoms with Crippen molar-refractivity contribution in [3.63, 3.8) is 0 Å². The van der Waals surface area contributed by atoms with E-state index in [0.29, 0.717) is 5.56 Å². The summed E-state index contributed by atoms with van der Waals surface area (Å²) < 4.78 is 0. The summed E-state index contributed by atoms with van der Waals surface area (Å²) in [7, 11) is 0. The Morgan fingerprint density at radius 3 is 2.39 bits per heavy atom. The number of benzene rings is 2. The average Bonchev–Trinajstić information content (AvgIpc) is 2.57. The van der Waals surface area contributed by atoms with E-state index in [2.05, 4.69) is 17.6 Å². The SMILES string of the molecule is CCc1cccc(NC(=O)C(C)NC(=O)c2ccccc2)c1C. The highest BCUT2D eigenvalue weighted by Gasteiger charge is 2.17. The van der Waals surface area contributed by atoms with Crippen molar-refractivity contribution in [2.24, 2.45) is 0 Å². The molecule has 0 saturated carbocycles. The van der Waals surface area contributed by atoms with Crippen LogP contribution in [0.5, 0.6) is 0 Å². The second-order valence-corrected chi connectivity index (χ2v) is 5.49. The highest BCUT2D eigenvalue weighted by molar-refractivity contribution is 6.01. The van der Waals surface area contributed by atoms with Gasteiger partial charge >= 0.3 is 0 Å². The topological polar surface area (TPSA) is 58.2 Å². The highest BCUT2D eigenvalue weighted by Crippen LogP contribution is 2.19. The van der Waals surface area contributed by atoms with Crippen molar-refractivity contribution in [1.29, 1.82) is 0 Å². The summed E-state index contributed by atoms with van der Waals surface area (Å²) in [5.41, 5.74) is 3.58. The maximum absolute atomic E-state index is 12.3. The molecule has 0 bridgehead atoms. The van der Waals surface area contributed by atoms with Crippen LogP contribution in [0.2, 0.25) is 0 Å². The van der Waals surface area contributed by atoms with Gasteiger partial charge in [-0.15, -0.1) is 0 Å². The molecule has 2 amide bonds. The fraction of sp³-hybridized carbons (Fsp3) is 0.263. The fourth-order valence-electron chi connectivity index (χ4n) is 2.38. The molecule has 2 aromatic rings. The number of aryl methyl sites for hydroxylation is 1. The lowest BCUT2D eigenvalue weighted by Crippen LogP contribution is -2.41. The Kier molecular flexibility index (Phi) is 5.52. The van der Waals surface area contributed by atoms with Gasteiger partial charge < -0.3 is 10.6 Å². The van der Waals surface area contributed by atoms with Gasteiger partial charge in [0.25, 0.3) is 5.91 Å². The molecule has 0 fully saturated rings. The molecule has 1 unspecified atom stereocenters. The minimum Gasteiger partial charge on any atom is -0.341 e. The number of carbonyl (C=O) groups excluding carboxylic acids is 2. The number of carbonyl (C=O) groups is 2. The van der Waals surface area contributed by atoms with E-state index >= 15 is 0 Å². The van der Waals surface area contributed by atoms with Crippen LogP contribution in [-0.2, 0) is 11.2 Å². The molecule has 0 aliphatic heterocycles. The third-order valence-electron chi connectivity index (χ3n) is 3.86. The molecule has 120 valence electrons. The van der Waals surface area contributed by atoms with E-state index in [4.69, 9.17) is 0 Å². The van der Waals surface area contributed by atoms with E-state index in [1.54, 1.807) is 31.2 Å². The summed E-state index contributed by atoms with van der Waals surface area (Å²) in [6.45, 7) is 5.74. The number of nitrogens with one attached hydrogen (secondary N) is 2. The van der Waals surface area contributed by atoms with Crippen molar-refractivity contribution in [2.75, 3.05) is 5.32 Å². The minimum atomic E-state index is -0.618. The molecule has 23 heavy (non-hydrogen) atoms. The second kappa shape index (κ2) is 7.58. The number of hydrogen-bond donors (Lipinski definition) is 2. The van der Waals surface area contributed by atoms with Gasteiger partial charge in [-0.3, -0.25) is 9.59 Å². The molecule has 0 saturated heterocycles. The molecule has 2 rings (SSSR count). The molecule has 4 nitrogen and oxygen atoms in total. The normalized spacial score (nSPS) is 11.6. The van der Waals surface area contributed by atoms with E-state index in [1.165, 1.54) is 5.56 Å². The smallest absolute Gasteiger partial charge is 0.251 e. The Hall–Kier alpha value is -2.62. The molecule has 0 aromatic heterocycles. The molecule has 2 N–H and O–H groups in total. The monoisotopic (exact) mass is 310 g/mol. The van der Waals surface area contributed by atoms with Crippen molar-refractivity contribution in [3.8, 4) is 0 Å². The van der Waals surface area contributed by atoms with Gasteiger partial charge in [-0.05, 0) is 49.6 Å². The molecule has 2 aromatic carbocycles. The first-order valence-electron chi connectivity index (χ1n) is 7.78. The number of anilines is 1. The van der Waals surface area contributed by atoms with E-state index < -0.39 is 6.04 Å². The maximum Gasteiger partial charge on any atom is 0.251 e. The lowest BCUT2D eigenvalue weighted by molar-refractivity contribution is -0.117. The fourth-order valence-corrected chi connectivity index (χ4v) is 2.38. The van der Waals surface area contributed by atoms with Crippen LogP contribution in [0.4, 0.5) is 5.69 Å². The number of rotatable bonds is 5. The number of amides is 2. The molecule has 0 radical (unpaired) electrons. The molecular formula is C19H22N2O2. The maximum atomic E-state index is 12.3. The molecule has 0 spiro atoms. The Morgan fingerprint density at radius 2 is 1.74 bits per heavy atom. The lowest BCUT2D eigenvalue weighted by atomic mass is 10.0. The third kappa shape index (κ3) is 4.19. The van der Waals surface area contributed by atoms with Gasteiger partial charge in [-0.2, -0.15) is 0 Å². The minimum absolute atomic E-state index is 0.231. The van der Waals surface area contributed by atoms with Crippen LogP contribution in [0.3, 0.4) is 0 Å². The quantitative estimate of drug-likeness (QED) is 0.890. The van der Waals surface area contributed by atoms with Gasteiger partial charge in [-0.25, -0.2) is 0 Å². The van der Waals surface area contributed by atoms with Crippen LogP contribution in [-0.4, -0.2) is 17.9 Å². The van der Waals surface area contributed by atoms with Crippen molar-refractivity contribution < 1.29 is 9.59 Å². The zero-order chi connectivity index (χ0) is 16.8. The van der Waals surface area contributed by atoms with Crippen LogP contribution in [0.15, 0.2) is 48.5 Å². The zero-order valence-electron chi connectivity index (χ0n) is 13.7. The van der Waals surface area contributed by atoms with Crippen LogP contribution in [0.25, 0.3) is 0 Å². The molecule has 0 heterocycles. The van der Waals surface area contributed by atoms with Gasteiger partial charge in [0.2, 0.25) is 5.91 Å². The van der Waals surface area contributed by atoms with Crippen LogP contribution < -0.4 is 10.6 Å². The summed E-state index contributed by atoms with van der Waals surface area (Å²) in [5.74, 6) is -0.488. The average molecular weight is 310 g/mol. The summed E-state index contributed by atoms with van der Waals surface area (Å²) in [5, 5.41) is 5.60. The van der Waals surface area contributed by atoms with Crippen LogP contribution in [0, 0.1) is 6.92 Å². The van der Waals surface area contributed by atoms with Gasteiger partial charge in [0, 0.05) is 11.3 Å². The summed E-state index contributed by atoms with van der Waals surface area (Å²) >= 11 is 0.